The minimum atomic E-state index is 0. The summed E-state index contributed by atoms with van der Waals surface area (Å²) in [5, 5.41) is 6.41. The number of benzene rings is 1. The Morgan fingerprint density at radius 2 is 1.92 bits per heavy atom. The average Bonchev–Trinajstić information content (AvgIpc) is 2.62. The summed E-state index contributed by atoms with van der Waals surface area (Å²) < 4.78 is 5.83. The van der Waals surface area contributed by atoms with Crippen LogP contribution in [-0.2, 0) is 9.53 Å². The van der Waals surface area contributed by atoms with E-state index in [1.54, 1.807) is 0 Å². The summed E-state index contributed by atoms with van der Waals surface area (Å²) in [5.41, 5.74) is 1.19. The largest absolute Gasteiger partial charge is 0.374 e. The Balaban J connectivity index is 0.00000312. The molecule has 2 rings (SSSR count). The van der Waals surface area contributed by atoms with Gasteiger partial charge in [0.15, 0.2) is 0 Å². The highest BCUT2D eigenvalue weighted by atomic mass is 35.5. The van der Waals surface area contributed by atoms with Crippen molar-refractivity contribution in [2.45, 2.75) is 45.6 Å². The molecule has 0 bridgehead atoms. The SMILES string of the molecule is CC(OCCCNC(=O)CC(C)C1CCNCC1)c1ccccc1.Cl. The number of carbonyl (C=O) groups is 1. The smallest absolute Gasteiger partial charge is 0.220 e. The normalized spacial score (nSPS) is 17.4. The van der Waals surface area contributed by atoms with E-state index in [0.29, 0.717) is 31.4 Å². The first-order valence-electron chi connectivity index (χ1n) is 9.30. The number of hydrogen-bond donors (Lipinski definition) is 2. The summed E-state index contributed by atoms with van der Waals surface area (Å²) in [5.74, 6) is 1.34. The van der Waals surface area contributed by atoms with Crippen LogP contribution in [0.15, 0.2) is 30.3 Å². The lowest BCUT2D eigenvalue weighted by Crippen LogP contribution is -2.33. The summed E-state index contributed by atoms with van der Waals surface area (Å²) in [6, 6.07) is 10.2. The summed E-state index contributed by atoms with van der Waals surface area (Å²) in [4.78, 5) is 12.0. The Kier molecular flexibility index (Phi) is 10.8. The van der Waals surface area contributed by atoms with Crippen molar-refractivity contribution in [1.82, 2.24) is 10.6 Å². The molecule has 5 heteroatoms. The first-order valence-corrected chi connectivity index (χ1v) is 9.30. The van der Waals surface area contributed by atoms with E-state index in [4.69, 9.17) is 4.74 Å². The maximum atomic E-state index is 12.0. The van der Waals surface area contributed by atoms with Crippen molar-refractivity contribution in [3.05, 3.63) is 35.9 Å². The first kappa shape index (κ1) is 21.9. The molecule has 0 aliphatic carbocycles. The van der Waals surface area contributed by atoms with Crippen LogP contribution in [0.4, 0.5) is 0 Å². The monoisotopic (exact) mass is 368 g/mol. The van der Waals surface area contributed by atoms with Gasteiger partial charge in [-0.3, -0.25) is 4.79 Å². The number of carbonyl (C=O) groups excluding carboxylic acids is 1. The second-order valence-corrected chi connectivity index (χ2v) is 6.90. The zero-order valence-electron chi connectivity index (χ0n) is 15.5. The molecule has 0 spiro atoms. The Hall–Kier alpha value is -1.10. The Morgan fingerprint density at radius 1 is 1.24 bits per heavy atom. The van der Waals surface area contributed by atoms with E-state index in [2.05, 4.69) is 36.6 Å². The van der Waals surface area contributed by atoms with Gasteiger partial charge < -0.3 is 15.4 Å². The number of nitrogens with one attached hydrogen (secondary N) is 2. The van der Waals surface area contributed by atoms with Crippen LogP contribution in [0.2, 0.25) is 0 Å². The number of halogens is 1. The van der Waals surface area contributed by atoms with E-state index in [0.717, 1.165) is 19.5 Å². The van der Waals surface area contributed by atoms with E-state index in [9.17, 15) is 4.79 Å². The predicted molar refractivity (Wildman–Crippen MR) is 105 cm³/mol. The van der Waals surface area contributed by atoms with Crippen LogP contribution in [-0.4, -0.2) is 32.1 Å². The number of amides is 1. The average molecular weight is 369 g/mol. The van der Waals surface area contributed by atoms with Crippen LogP contribution in [0.3, 0.4) is 0 Å². The van der Waals surface area contributed by atoms with E-state index in [1.165, 1.54) is 18.4 Å². The van der Waals surface area contributed by atoms with Gasteiger partial charge in [0, 0.05) is 19.6 Å². The summed E-state index contributed by atoms with van der Waals surface area (Å²) in [6.45, 7) is 7.81. The highest BCUT2D eigenvalue weighted by Crippen LogP contribution is 2.24. The number of rotatable bonds is 9. The molecule has 4 nitrogen and oxygen atoms in total. The molecule has 1 aromatic rings. The third-order valence-corrected chi connectivity index (χ3v) is 4.98. The van der Waals surface area contributed by atoms with Crippen LogP contribution >= 0.6 is 12.4 Å². The molecule has 2 atom stereocenters. The van der Waals surface area contributed by atoms with Crippen LogP contribution in [0.1, 0.15) is 51.2 Å². The number of ether oxygens (including phenoxy) is 1. The standard InChI is InChI=1S/C20H32N2O2.ClH/c1-16(18-9-12-21-13-10-18)15-20(23)22-11-6-14-24-17(2)19-7-4-3-5-8-19;/h3-5,7-8,16-18,21H,6,9-15H2,1-2H3,(H,22,23);1H. The molecule has 1 aromatic carbocycles. The van der Waals surface area contributed by atoms with Gasteiger partial charge in [-0.25, -0.2) is 0 Å². The van der Waals surface area contributed by atoms with Crippen LogP contribution in [0.5, 0.6) is 0 Å². The van der Waals surface area contributed by atoms with Crippen LogP contribution in [0, 0.1) is 11.8 Å². The molecule has 142 valence electrons. The maximum absolute atomic E-state index is 12.0. The molecule has 1 saturated heterocycles. The van der Waals surface area contributed by atoms with Crippen molar-refractivity contribution in [3.8, 4) is 0 Å². The quantitative estimate of drug-likeness (QED) is 0.653. The van der Waals surface area contributed by atoms with Gasteiger partial charge in [-0.15, -0.1) is 12.4 Å². The van der Waals surface area contributed by atoms with Crippen LogP contribution in [0.25, 0.3) is 0 Å². The molecular formula is C20H33ClN2O2. The molecule has 25 heavy (non-hydrogen) atoms. The van der Waals surface area contributed by atoms with Gasteiger partial charge in [-0.1, -0.05) is 37.3 Å². The third kappa shape index (κ3) is 8.21. The second kappa shape index (κ2) is 12.3. The van der Waals surface area contributed by atoms with E-state index >= 15 is 0 Å². The van der Waals surface area contributed by atoms with Crippen molar-refractivity contribution in [2.75, 3.05) is 26.2 Å². The van der Waals surface area contributed by atoms with Gasteiger partial charge in [0.25, 0.3) is 0 Å². The van der Waals surface area contributed by atoms with Crippen molar-refractivity contribution in [1.29, 1.82) is 0 Å². The molecule has 1 amide bonds. The van der Waals surface area contributed by atoms with Gasteiger partial charge in [0.2, 0.25) is 5.91 Å². The molecular weight excluding hydrogens is 336 g/mol. The molecule has 2 unspecified atom stereocenters. The fraction of sp³-hybridized carbons (Fsp3) is 0.650. The van der Waals surface area contributed by atoms with Gasteiger partial charge in [0.05, 0.1) is 6.10 Å². The van der Waals surface area contributed by atoms with Crippen molar-refractivity contribution in [2.24, 2.45) is 11.8 Å². The summed E-state index contributed by atoms with van der Waals surface area (Å²) in [7, 11) is 0. The van der Waals surface area contributed by atoms with Crippen molar-refractivity contribution in [3.63, 3.8) is 0 Å². The summed E-state index contributed by atoms with van der Waals surface area (Å²) in [6.07, 6.45) is 3.98. The minimum Gasteiger partial charge on any atom is -0.374 e. The lowest BCUT2D eigenvalue weighted by molar-refractivity contribution is -0.122. The fourth-order valence-corrected chi connectivity index (χ4v) is 3.32. The molecule has 0 saturated carbocycles. The highest BCUT2D eigenvalue weighted by molar-refractivity contribution is 5.85. The zero-order chi connectivity index (χ0) is 17.2. The van der Waals surface area contributed by atoms with E-state index in [1.807, 2.05) is 18.2 Å². The Bertz CT molecular complexity index is 478. The topological polar surface area (TPSA) is 50.4 Å². The highest BCUT2D eigenvalue weighted by Gasteiger charge is 2.21. The lowest BCUT2D eigenvalue weighted by atomic mass is 9.84. The maximum Gasteiger partial charge on any atom is 0.220 e. The molecule has 1 aliphatic rings. The minimum absolute atomic E-state index is 0. The van der Waals surface area contributed by atoms with E-state index < -0.39 is 0 Å². The van der Waals surface area contributed by atoms with Gasteiger partial charge in [-0.2, -0.15) is 0 Å². The zero-order valence-corrected chi connectivity index (χ0v) is 16.3. The summed E-state index contributed by atoms with van der Waals surface area (Å²) >= 11 is 0. The van der Waals surface area contributed by atoms with E-state index in [-0.39, 0.29) is 24.4 Å². The third-order valence-electron chi connectivity index (χ3n) is 4.98. The molecule has 0 radical (unpaired) electrons. The van der Waals surface area contributed by atoms with Crippen molar-refractivity contribution < 1.29 is 9.53 Å². The van der Waals surface area contributed by atoms with Crippen molar-refractivity contribution >= 4 is 18.3 Å². The molecule has 1 fully saturated rings. The molecule has 1 heterocycles. The second-order valence-electron chi connectivity index (χ2n) is 6.90. The predicted octanol–water partition coefficient (Wildman–Crippen LogP) is 3.72. The Morgan fingerprint density at radius 3 is 2.60 bits per heavy atom. The Labute approximate surface area is 158 Å². The number of hydrogen-bond acceptors (Lipinski definition) is 3. The van der Waals surface area contributed by atoms with Gasteiger partial charge in [0.1, 0.15) is 0 Å². The number of piperidine rings is 1. The fourth-order valence-electron chi connectivity index (χ4n) is 3.32. The van der Waals surface area contributed by atoms with Gasteiger partial charge >= 0.3 is 0 Å². The molecule has 2 N–H and O–H groups in total. The molecule has 1 aliphatic heterocycles. The lowest BCUT2D eigenvalue weighted by Gasteiger charge is -2.27. The van der Waals surface area contributed by atoms with Crippen LogP contribution < -0.4 is 10.6 Å². The first-order chi connectivity index (χ1) is 11.7. The molecule has 0 aromatic heterocycles. The van der Waals surface area contributed by atoms with Gasteiger partial charge in [-0.05, 0) is 56.7 Å².